The minimum atomic E-state index is 0.207. The van der Waals surface area contributed by atoms with Crippen LogP contribution in [0.3, 0.4) is 0 Å². The van der Waals surface area contributed by atoms with Crippen LogP contribution in [0.4, 0.5) is 0 Å². The van der Waals surface area contributed by atoms with Gasteiger partial charge in [0, 0.05) is 11.8 Å². The van der Waals surface area contributed by atoms with Crippen LogP contribution >= 0.6 is 0 Å². The number of hydrazone groups is 1. The summed E-state index contributed by atoms with van der Waals surface area (Å²) in [6, 6.07) is 0. The molecule has 3 rings (SSSR count). The highest BCUT2D eigenvalue weighted by Gasteiger charge is 2.36. The van der Waals surface area contributed by atoms with Crippen molar-refractivity contribution in [3.8, 4) is 0 Å². The van der Waals surface area contributed by atoms with Gasteiger partial charge in [-0.2, -0.15) is 5.10 Å². The van der Waals surface area contributed by atoms with E-state index in [1.165, 1.54) is 51.4 Å². The molecule has 0 saturated heterocycles. The fourth-order valence-electron chi connectivity index (χ4n) is 3.68. The summed E-state index contributed by atoms with van der Waals surface area (Å²) >= 11 is 0. The second-order valence-electron chi connectivity index (χ2n) is 6.18. The van der Waals surface area contributed by atoms with E-state index in [2.05, 4.69) is 22.7 Å². The molecule has 2 unspecified atom stereocenters. The van der Waals surface area contributed by atoms with E-state index in [1.54, 1.807) is 0 Å². The lowest BCUT2D eigenvalue weighted by molar-refractivity contribution is 0.197. The van der Waals surface area contributed by atoms with Crippen LogP contribution in [0.5, 0.6) is 0 Å². The summed E-state index contributed by atoms with van der Waals surface area (Å²) in [7, 11) is 0. The second kappa shape index (κ2) is 5.95. The average molecular weight is 262 g/mol. The highest BCUT2D eigenvalue weighted by atomic mass is 15.6. The average Bonchev–Trinajstić information content (AvgIpc) is 2.98. The molecule has 3 aliphatic rings. The molecule has 3 N–H and O–H groups in total. The lowest BCUT2D eigenvalue weighted by atomic mass is 9.92. The molecule has 2 atom stereocenters. The van der Waals surface area contributed by atoms with Crippen LogP contribution in [0.15, 0.2) is 17.3 Å². The van der Waals surface area contributed by atoms with Crippen molar-refractivity contribution in [1.82, 2.24) is 10.4 Å². The van der Waals surface area contributed by atoms with E-state index in [0.717, 1.165) is 12.3 Å². The van der Waals surface area contributed by atoms with E-state index in [1.807, 2.05) is 5.01 Å². The normalized spacial score (nSPS) is 34.6. The van der Waals surface area contributed by atoms with Crippen molar-refractivity contribution in [3.05, 3.63) is 12.2 Å². The number of nitrogens with two attached hydrogens (primary N) is 1. The fourth-order valence-corrected chi connectivity index (χ4v) is 3.68. The summed E-state index contributed by atoms with van der Waals surface area (Å²) < 4.78 is 0. The third-order valence-electron chi connectivity index (χ3n) is 4.84. The molecule has 0 amide bonds. The Kier molecular flexibility index (Phi) is 4.06. The predicted molar refractivity (Wildman–Crippen MR) is 78.1 cm³/mol. The zero-order valence-electron chi connectivity index (χ0n) is 11.7. The van der Waals surface area contributed by atoms with Gasteiger partial charge in [-0.05, 0) is 38.5 Å². The Morgan fingerprint density at radius 3 is 2.74 bits per heavy atom. The van der Waals surface area contributed by atoms with Gasteiger partial charge in [-0.25, -0.2) is 5.84 Å². The van der Waals surface area contributed by atoms with Gasteiger partial charge in [0.1, 0.15) is 12.0 Å². The van der Waals surface area contributed by atoms with Crippen molar-refractivity contribution in [2.45, 2.75) is 64.0 Å². The van der Waals surface area contributed by atoms with Crippen LogP contribution in [0.2, 0.25) is 0 Å². The van der Waals surface area contributed by atoms with Crippen LogP contribution in [0.1, 0.15) is 57.8 Å². The summed E-state index contributed by atoms with van der Waals surface area (Å²) in [4.78, 5) is 0. The van der Waals surface area contributed by atoms with Crippen molar-refractivity contribution < 1.29 is 0 Å². The molecule has 2 aliphatic carbocycles. The van der Waals surface area contributed by atoms with Crippen LogP contribution in [0.25, 0.3) is 0 Å². The third kappa shape index (κ3) is 2.78. The Balaban J connectivity index is 1.63. The third-order valence-corrected chi connectivity index (χ3v) is 4.84. The first-order valence-electron chi connectivity index (χ1n) is 7.88. The van der Waals surface area contributed by atoms with Gasteiger partial charge in [-0.15, -0.1) is 0 Å². The molecule has 0 bridgehead atoms. The van der Waals surface area contributed by atoms with E-state index in [-0.39, 0.29) is 6.17 Å². The molecule has 19 heavy (non-hydrogen) atoms. The molecule has 106 valence electrons. The first-order chi connectivity index (χ1) is 9.36. The monoisotopic (exact) mass is 262 g/mol. The molecule has 0 spiro atoms. The van der Waals surface area contributed by atoms with Crippen molar-refractivity contribution in [1.29, 1.82) is 0 Å². The van der Waals surface area contributed by atoms with Crippen molar-refractivity contribution in [2.24, 2.45) is 22.8 Å². The van der Waals surface area contributed by atoms with Crippen LogP contribution < -0.4 is 11.3 Å². The fraction of sp³-hybridized carbons (Fsp3) is 0.800. The molecular formula is C15H26N4. The predicted octanol–water partition coefficient (Wildman–Crippen LogP) is 2.73. The molecule has 4 heteroatoms. The zero-order valence-corrected chi connectivity index (χ0v) is 11.7. The lowest BCUT2D eigenvalue weighted by Gasteiger charge is -2.31. The highest BCUT2D eigenvalue weighted by Crippen LogP contribution is 2.31. The lowest BCUT2D eigenvalue weighted by Crippen LogP contribution is -2.50. The molecule has 1 saturated carbocycles. The Morgan fingerprint density at radius 2 is 1.89 bits per heavy atom. The van der Waals surface area contributed by atoms with E-state index >= 15 is 0 Å². The molecule has 1 fully saturated rings. The summed E-state index contributed by atoms with van der Waals surface area (Å²) in [5.41, 5.74) is 3.31. The smallest absolute Gasteiger partial charge is 0.143 e. The topological polar surface area (TPSA) is 53.6 Å². The first-order valence-corrected chi connectivity index (χ1v) is 7.88. The van der Waals surface area contributed by atoms with Crippen LogP contribution in [-0.2, 0) is 0 Å². The van der Waals surface area contributed by atoms with Gasteiger partial charge in [-0.1, -0.05) is 31.4 Å². The standard InChI is InChI=1S/C15H26N4/c16-19-14(12-8-4-2-1-3-5-9-12)17-18-15(19)13-10-6-7-11-13/h2,4,12-14,17H,1,3,5-11,16H2/b4-2-. The SMILES string of the molecule is NN1C(C2CCCC2)=NNC1C1C/C=C\CCCC1. The number of hydrazine groups is 1. The summed E-state index contributed by atoms with van der Waals surface area (Å²) in [5.74, 6) is 8.62. The number of rotatable bonds is 2. The van der Waals surface area contributed by atoms with Crippen LogP contribution in [0, 0.1) is 11.8 Å². The second-order valence-corrected chi connectivity index (χ2v) is 6.18. The summed E-state index contributed by atoms with van der Waals surface area (Å²) in [5, 5.41) is 6.49. The van der Waals surface area contributed by atoms with Gasteiger partial charge in [-0.3, -0.25) is 10.4 Å². The molecule has 1 aliphatic heterocycles. The Bertz CT molecular complexity index is 357. The Morgan fingerprint density at radius 1 is 1.11 bits per heavy atom. The minimum absolute atomic E-state index is 0.207. The number of nitrogens with one attached hydrogen (secondary N) is 1. The molecule has 0 aromatic heterocycles. The number of hydrogen-bond acceptors (Lipinski definition) is 4. The van der Waals surface area contributed by atoms with Gasteiger partial charge in [0.15, 0.2) is 0 Å². The molecule has 4 nitrogen and oxygen atoms in total. The van der Waals surface area contributed by atoms with Gasteiger partial charge < -0.3 is 0 Å². The highest BCUT2D eigenvalue weighted by molar-refractivity contribution is 5.85. The maximum absolute atomic E-state index is 6.34. The van der Waals surface area contributed by atoms with Gasteiger partial charge in [0.2, 0.25) is 0 Å². The van der Waals surface area contributed by atoms with Gasteiger partial charge in [0.25, 0.3) is 0 Å². The molecule has 0 radical (unpaired) electrons. The van der Waals surface area contributed by atoms with Crippen LogP contribution in [-0.4, -0.2) is 17.0 Å². The quantitative estimate of drug-likeness (QED) is 0.594. The van der Waals surface area contributed by atoms with E-state index < -0.39 is 0 Å². The molecule has 0 aromatic rings. The summed E-state index contributed by atoms with van der Waals surface area (Å²) in [6.07, 6.45) is 16.2. The van der Waals surface area contributed by atoms with Crippen molar-refractivity contribution >= 4 is 5.84 Å². The van der Waals surface area contributed by atoms with E-state index in [9.17, 15) is 0 Å². The molecule has 0 aromatic carbocycles. The summed E-state index contributed by atoms with van der Waals surface area (Å²) in [6.45, 7) is 0. The zero-order chi connectivity index (χ0) is 13.1. The maximum atomic E-state index is 6.34. The van der Waals surface area contributed by atoms with Gasteiger partial charge in [0.05, 0.1) is 0 Å². The minimum Gasteiger partial charge on any atom is -0.284 e. The van der Waals surface area contributed by atoms with E-state index in [4.69, 9.17) is 5.84 Å². The van der Waals surface area contributed by atoms with E-state index in [0.29, 0.717) is 11.8 Å². The first kappa shape index (κ1) is 13.0. The molecular weight excluding hydrogens is 236 g/mol. The Labute approximate surface area is 116 Å². The Hall–Kier alpha value is -1.03. The number of allylic oxidation sites excluding steroid dienone is 2. The largest absolute Gasteiger partial charge is 0.284 e. The number of hydrogen-bond donors (Lipinski definition) is 2. The van der Waals surface area contributed by atoms with Gasteiger partial charge >= 0.3 is 0 Å². The van der Waals surface area contributed by atoms with Crippen molar-refractivity contribution in [2.75, 3.05) is 0 Å². The number of nitrogens with zero attached hydrogens (tertiary/aromatic N) is 2. The maximum Gasteiger partial charge on any atom is 0.143 e. The van der Waals surface area contributed by atoms with Crippen molar-refractivity contribution in [3.63, 3.8) is 0 Å². The molecule has 1 heterocycles. The number of amidine groups is 1.